The van der Waals surface area contributed by atoms with Crippen LogP contribution in [-0.4, -0.2) is 26.2 Å². The molecule has 0 aliphatic rings. The van der Waals surface area contributed by atoms with Crippen LogP contribution in [0, 0.1) is 26.6 Å². The molecule has 0 atom stereocenters. The largest absolute Gasteiger partial charge is 0.486 e. The van der Waals surface area contributed by atoms with E-state index in [1.165, 1.54) is 18.7 Å². The normalized spacial score (nSPS) is 10.6. The van der Waals surface area contributed by atoms with E-state index in [0.29, 0.717) is 17.7 Å². The number of hydrogen-bond acceptors (Lipinski definition) is 4. The molecule has 3 aromatic carbocycles. The zero-order valence-electron chi connectivity index (χ0n) is 23.7. The molecule has 3 aromatic rings. The summed E-state index contributed by atoms with van der Waals surface area (Å²) in [5, 5.41) is 3.38. The van der Waals surface area contributed by atoms with E-state index in [9.17, 15) is 4.79 Å². The van der Waals surface area contributed by atoms with Crippen LogP contribution in [0.2, 0.25) is 0 Å². The first-order valence-electron chi connectivity index (χ1n) is 12.8. The van der Waals surface area contributed by atoms with Gasteiger partial charge in [0.25, 0.3) is 0 Å². The number of nitrogens with one attached hydrogen (secondary N) is 1. The molecule has 38 heavy (non-hydrogen) atoms. The highest BCUT2D eigenvalue weighted by atomic mass is 19.1. The number of methoxy groups -OCH3 is 1. The maximum Gasteiger partial charge on any atom is 0.338 e. The van der Waals surface area contributed by atoms with Crippen LogP contribution in [0.4, 0.5) is 10.1 Å². The molecule has 4 nitrogen and oxygen atoms in total. The Labute approximate surface area is 226 Å². The summed E-state index contributed by atoms with van der Waals surface area (Å²) in [7, 11) is 1.38. The lowest BCUT2D eigenvalue weighted by molar-refractivity contribution is 0.0600. The predicted molar refractivity (Wildman–Crippen MR) is 156 cm³/mol. The summed E-state index contributed by atoms with van der Waals surface area (Å²) in [6.45, 7) is 15.0. The summed E-state index contributed by atoms with van der Waals surface area (Å²) in [6.07, 6.45) is 4.03. The lowest BCUT2D eigenvalue weighted by Crippen LogP contribution is -2.11. The summed E-state index contributed by atoms with van der Waals surface area (Å²) in [5.74, 6) is -0.669. The third-order valence-electron chi connectivity index (χ3n) is 6.64. The molecule has 3 rings (SSSR count). The van der Waals surface area contributed by atoms with Crippen molar-refractivity contribution in [3.8, 4) is 28.0 Å². The van der Waals surface area contributed by atoms with Gasteiger partial charge in [-0.05, 0) is 118 Å². The van der Waals surface area contributed by atoms with Crippen LogP contribution in [0.3, 0.4) is 0 Å². The lowest BCUT2D eigenvalue weighted by atomic mass is 9.82. The van der Waals surface area contributed by atoms with Crippen molar-refractivity contribution in [2.45, 2.75) is 48.5 Å². The Hall–Kier alpha value is -3.86. The number of hydrogen-bond donors (Lipinski definition) is 1. The molecule has 0 aromatic heterocycles. The number of halogens is 1. The molecule has 0 amide bonds. The second-order valence-corrected chi connectivity index (χ2v) is 9.97. The Balaban J connectivity index is 2.08. The van der Waals surface area contributed by atoms with Crippen LogP contribution in [0.15, 0.2) is 65.8 Å². The molecule has 0 spiro atoms. The van der Waals surface area contributed by atoms with Crippen molar-refractivity contribution in [1.82, 2.24) is 0 Å². The van der Waals surface area contributed by atoms with Crippen LogP contribution >= 0.6 is 0 Å². The molecule has 0 heterocycles. The van der Waals surface area contributed by atoms with Crippen LogP contribution < -0.4 is 10.1 Å². The van der Waals surface area contributed by atoms with Crippen molar-refractivity contribution in [3.63, 3.8) is 0 Å². The maximum absolute atomic E-state index is 15.0. The minimum atomic E-state index is -0.444. The summed E-state index contributed by atoms with van der Waals surface area (Å²) in [5.41, 5.74) is 9.77. The Kier molecular flexibility index (Phi) is 9.51. The average Bonchev–Trinajstić information content (AvgIpc) is 2.87. The number of carbonyl (C=O) groups is 1. The van der Waals surface area contributed by atoms with Crippen LogP contribution in [0.5, 0.6) is 5.75 Å². The summed E-state index contributed by atoms with van der Waals surface area (Å²) < 4.78 is 25.8. The first-order chi connectivity index (χ1) is 18.0. The standard InChI is InChI=1S/C33H38FNO3/c1-20(2)15-17-35-27-12-9-25(10-13-27)31-23(6)22(5)30(24(7)32(31)33(36)37-8)26-11-14-29(28(34)19-26)38-18-16-21(3)4/h9-16,19,35H,17-18H2,1-8H3. The van der Waals surface area contributed by atoms with Gasteiger partial charge in [-0.15, -0.1) is 0 Å². The molecule has 0 fully saturated rings. The molecule has 200 valence electrons. The number of ether oxygens (including phenoxy) is 2. The van der Waals surface area contributed by atoms with Gasteiger partial charge >= 0.3 is 5.97 Å². The van der Waals surface area contributed by atoms with Crippen LogP contribution in [-0.2, 0) is 4.74 Å². The van der Waals surface area contributed by atoms with Crippen molar-refractivity contribution in [3.05, 3.63) is 93.8 Å². The number of benzene rings is 3. The van der Waals surface area contributed by atoms with Crippen molar-refractivity contribution in [1.29, 1.82) is 0 Å². The van der Waals surface area contributed by atoms with Gasteiger partial charge in [-0.3, -0.25) is 0 Å². The van der Waals surface area contributed by atoms with E-state index in [0.717, 1.165) is 51.2 Å². The topological polar surface area (TPSA) is 47.6 Å². The number of rotatable bonds is 9. The number of carbonyl (C=O) groups excluding carboxylic acids is 1. The van der Waals surface area contributed by atoms with E-state index in [1.54, 1.807) is 6.07 Å². The molecule has 0 radical (unpaired) electrons. The molecular formula is C33H38FNO3. The monoisotopic (exact) mass is 515 g/mol. The summed E-state index contributed by atoms with van der Waals surface area (Å²) in [4.78, 5) is 13.1. The third-order valence-corrected chi connectivity index (χ3v) is 6.64. The molecule has 0 aliphatic carbocycles. The first kappa shape index (κ1) is 28.7. The molecule has 5 heteroatoms. The fourth-order valence-electron chi connectivity index (χ4n) is 4.51. The van der Waals surface area contributed by atoms with Gasteiger partial charge in [-0.2, -0.15) is 0 Å². The highest BCUT2D eigenvalue weighted by Gasteiger charge is 2.25. The van der Waals surface area contributed by atoms with Gasteiger partial charge in [-0.1, -0.05) is 35.4 Å². The molecule has 0 bridgehead atoms. The summed E-state index contributed by atoms with van der Waals surface area (Å²) >= 11 is 0. The van der Waals surface area contributed by atoms with Crippen molar-refractivity contribution >= 4 is 11.7 Å². The highest BCUT2D eigenvalue weighted by molar-refractivity contribution is 6.03. The van der Waals surface area contributed by atoms with E-state index in [1.807, 2.05) is 71.0 Å². The highest BCUT2D eigenvalue weighted by Crippen LogP contribution is 2.41. The fourth-order valence-corrected chi connectivity index (χ4v) is 4.51. The number of esters is 1. The lowest BCUT2D eigenvalue weighted by Gasteiger charge is -2.22. The average molecular weight is 516 g/mol. The van der Waals surface area contributed by atoms with Crippen LogP contribution in [0.1, 0.15) is 54.7 Å². The molecule has 1 N–H and O–H groups in total. The van der Waals surface area contributed by atoms with Crippen molar-refractivity contribution in [2.75, 3.05) is 25.6 Å². The Bertz CT molecular complexity index is 1380. The van der Waals surface area contributed by atoms with Gasteiger partial charge in [0.05, 0.1) is 12.7 Å². The molecule has 0 saturated carbocycles. The van der Waals surface area contributed by atoms with E-state index < -0.39 is 11.8 Å². The van der Waals surface area contributed by atoms with Gasteiger partial charge < -0.3 is 14.8 Å². The van der Waals surface area contributed by atoms with Gasteiger partial charge in [0.2, 0.25) is 0 Å². The summed E-state index contributed by atoms with van der Waals surface area (Å²) in [6, 6.07) is 13.0. The van der Waals surface area contributed by atoms with Gasteiger partial charge in [0, 0.05) is 12.2 Å². The second kappa shape index (κ2) is 12.6. The molecule has 0 unspecified atom stereocenters. The van der Waals surface area contributed by atoms with E-state index in [-0.39, 0.29) is 5.75 Å². The molecular weight excluding hydrogens is 477 g/mol. The van der Waals surface area contributed by atoms with E-state index >= 15 is 4.39 Å². The fraction of sp³-hybridized carbons (Fsp3) is 0.303. The number of allylic oxidation sites excluding steroid dienone is 2. The van der Waals surface area contributed by atoms with Crippen molar-refractivity contribution < 1.29 is 18.7 Å². The smallest absolute Gasteiger partial charge is 0.338 e. The van der Waals surface area contributed by atoms with Gasteiger partial charge in [0.15, 0.2) is 11.6 Å². The van der Waals surface area contributed by atoms with Gasteiger partial charge in [0.1, 0.15) is 6.61 Å². The minimum absolute atomic E-state index is 0.196. The first-order valence-corrected chi connectivity index (χ1v) is 12.8. The van der Waals surface area contributed by atoms with E-state index in [4.69, 9.17) is 9.47 Å². The quantitative estimate of drug-likeness (QED) is 0.229. The SMILES string of the molecule is COC(=O)c1c(C)c(-c2ccc(OCC=C(C)C)c(F)c2)c(C)c(C)c1-c1ccc(NCC=C(C)C)cc1. The Morgan fingerprint density at radius 2 is 1.45 bits per heavy atom. The minimum Gasteiger partial charge on any atom is -0.486 e. The van der Waals surface area contributed by atoms with Crippen LogP contribution in [0.25, 0.3) is 22.3 Å². The van der Waals surface area contributed by atoms with Crippen molar-refractivity contribution in [2.24, 2.45) is 0 Å². The zero-order valence-corrected chi connectivity index (χ0v) is 23.7. The number of anilines is 1. The zero-order chi connectivity index (χ0) is 28.0. The Morgan fingerprint density at radius 3 is 2.03 bits per heavy atom. The van der Waals surface area contributed by atoms with E-state index in [2.05, 4.69) is 25.2 Å². The predicted octanol–water partition coefficient (Wildman–Crippen LogP) is 8.59. The van der Waals surface area contributed by atoms with Gasteiger partial charge in [-0.25, -0.2) is 9.18 Å². The second-order valence-electron chi connectivity index (χ2n) is 9.97. The molecule has 0 saturated heterocycles. The molecule has 0 aliphatic heterocycles. The maximum atomic E-state index is 15.0. The third kappa shape index (κ3) is 6.52. The Morgan fingerprint density at radius 1 is 0.842 bits per heavy atom.